The predicted molar refractivity (Wildman–Crippen MR) is 217 cm³/mol. The number of anilines is 3. The second-order valence-corrected chi connectivity index (χ2v) is 16.4. The molecule has 0 amide bonds. The first kappa shape index (κ1) is 34.4. The van der Waals surface area contributed by atoms with Gasteiger partial charge in [0.25, 0.3) is 5.70 Å². The zero-order valence-corrected chi connectivity index (χ0v) is 31.1. The first-order valence-corrected chi connectivity index (χ1v) is 18.2. The zero-order valence-electron chi connectivity index (χ0n) is 30.3. The van der Waals surface area contributed by atoms with Gasteiger partial charge in [0, 0.05) is 43.5 Å². The molecular formula is C47H39N3OS. The maximum absolute atomic E-state index is 13.8. The molecule has 0 fully saturated rings. The molecule has 254 valence electrons. The van der Waals surface area contributed by atoms with Crippen molar-refractivity contribution in [1.82, 2.24) is 0 Å². The van der Waals surface area contributed by atoms with Gasteiger partial charge in [0.15, 0.2) is 5.78 Å². The summed E-state index contributed by atoms with van der Waals surface area (Å²) < 4.78 is 0. The summed E-state index contributed by atoms with van der Waals surface area (Å²) in [4.78, 5) is 21.6. The minimum atomic E-state index is -0.169. The lowest BCUT2D eigenvalue weighted by Gasteiger charge is -2.28. The number of carbonyl (C=O) groups is 1. The Bertz CT molecular complexity index is 2410. The molecule has 0 N–H and O–H groups in total. The van der Waals surface area contributed by atoms with Crippen LogP contribution in [0.2, 0.25) is 0 Å². The lowest BCUT2D eigenvalue weighted by Crippen LogP contribution is -2.14. The number of hydrogen-bond donors (Lipinski definition) is 0. The maximum Gasteiger partial charge on any atom is 0.270 e. The van der Waals surface area contributed by atoms with E-state index in [0.29, 0.717) is 22.3 Å². The van der Waals surface area contributed by atoms with Gasteiger partial charge in [-0.15, -0.1) is 11.3 Å². The Hall–Kier alpha value is -6.01. The Morgan fingerprint density at radius 1 is 0.712 bits per heavy atom. The van der Waals surface area contributed by atoms with Crippen LogP contribution in [-0.4, -0.2) is 5.78 Å². The van der Waals surface area contributed by atoms with Gasteiger partial charge in [0.05, 0.1) is 12.6 Å². The fourth-order valence-corrected chi connectivity index (χ4v) is 7.70. The molecule has 1 aromatic heterocycles. The summed E-state index contributed by atoms with van der Waals surface area (Å²) in [6.07, 6.45) is 1.83. The van der Waals surface area contributed by atoms with Gasteiger partial charge < -0.3 is 4.90 Å². The van der Waals surface area contributed by atoms with Crippen molar-refractivity contribution in [2.24, 2.45) is 0 Å². The van der Waals surface area contributed by atoms with Gasteiger partial charge in [-0.05, 0) is 111 Å². The third-order valence-corrected chi connectivity index (χ3v) is 10.8. The quantitative estimate of drug-likeness (QED) is 0.103. The van der Waals surface area contributed by atoms with E-state index in [9.17, 15) is 10.1 Å². The van der Waals surface area contributed by atoms with E-state index >= 15 is 0 Å². The lowest BCUT2D eigenvalue weighted by atomic mass is 9.86. The fraction of sp³-hybridized carbons (Fsp3) is 0.170. The van der Waals surface area contributed by atoms with Gasteiger partial charge in [-0.25, -0.2) is 10.1 Å². The molecule has 6 aromatic rings. The van der Waals surface area contributed by atoms with Crippen molar-refractivity contribution in [3.8, 4) is 16.5 Å². The molecule has 52 heavy (non-hydrogen) atoms. The third-order valence-electron chi connectivity index (χ3n) is 9.67. The minimum Gasteiger partial charge on any atom is -0.311 e. The number of hydrogen-bond acceptors (Lipinski definition) is 4. The summed E-state index contributed by atoms with van der Waals surface area (Å²) in [6.45, 7) is 21.1. The van der Waals surface area contributed by atoms with E-state index < -0.39 is 0 Å². The van der Waals surface area contributed by atoms with Crippen molar-refractivity contribution >= 4 is 56.6 Å². The highest BCUT2D eigenvalue weighted by molar-refractivity contribution is 7.16. The van der Waals surface area contributed by atoms with Crippen LogP contribution < -0.4 is 4.90 Å². The Labute approximate surface area is 310 Å². The van der Waals surface area contributed by atoms with Gasteiger partial charge >= 0.3 is 0 Å². The van der Waals surface area contributed by atoms with Crippen LogP contribution in [0.5, 0.6) is 0 Å². The molecule has 0 atom stereocenters. The average Bonchev–Trinajstić information content (AvgIpc) is 3.70. The van der Waals surface area contributed by atoms with Gasteiger partial charge in [0.2, 0.25) is 0 Å². The molecule has 0 saturated heterocycles. The predicted octanol–water partition coefficient (Wildman–Crippen LogP) is 13.1. The number of rotatable bonds is 5. The van der Waals surface area contributed by atoms with Crippen LogP contribution in [0, 0.1) is 17.9 Å². The van der Waals surface area contributed by atoms with Crippen LogP contribution in [0.25, 0.3) is 37.7 Å². The molecule has 7 rings (SSSR count). The standard InChI is InChI=1S/C47H39N3OS/c1-46(2,3)33-14-20-36(21-15-33)50(37-22-16-34(17-23-37)47(4,5)6)35-18-12-30(13-19-35)43-25-24-38(52-43)28-41-44(42(29-48)49-7)39-26-31-10-8-9-11-32(31)27-40(39)45(41)51/h8-28H,1-6H3/b41-28+,44-42-. The molecule has 1 heterocycles. The maximum atomic E-state index is 13.8. The lowest BCUT2D eigenvalue weighted by molar-refractivity contribution is 0.104. The Balaban J connectivity index is 1.23. The van der Waals surface area contributed by atoms with Crippen molar-refractivity contribution in [3.63, 3.8) is 0 Å². The van der Waals surface area contributed by atoms with Crippen molar-refractivity contribution < 1.29 is 4.79 Å². The molecule has 0 saturated carbocycles. The fourth-order valence-electron chi connectivity index (χ4n) is 6.74. The SMILES string of the molecule is [C-]#[N+]/C(C#N)=C1\C(=C/c2ccc(-c3ccc(N(c4ccc(C(C)(C)C)cc4)c4ccc(C(C)(C)C)cc4)cc3)s2)C(=O)c2cc3ccccc3cc21. The third kappa shape index (κ3) is 6.48. The smallest absolute Gasteiger partial charge is 0.270 e. The van der Waals surface area contributed by atoms with E-state index in [1.807, 2.05) is 54.6 Å². The normalized spacial score (nSPS) is 14.6. The highest BCUT2D eigenvalue weighted by Crippen LogP contribution is 2.44. The van der Waals surface area contributed by atoms with Gasteiger partial charge in [-0.1, -0.05) is 102 Å². The summed E-state index contributed by atoms with van der Waals surface area (Å²) in [5.41, 5.74) is 8.86. The van der Waals surface area contributed by atoms with Gasteiger partial charge in [0.1, 0.15) is 0 Å². The number of nitrogens with zero attached hydrogens (tertiary/aromatic N) is 3. The summed E-state index contributed by atoms with van der Waals surface area (Å²) in [7, 11) is 0. The molecule has 0 bridgehead atoms. The first-order valence-electron chi connectivity index (χ1n) is 17.4. The zero-order chi connectivity index (χ0) is 36.8. The van der Waals surface area contributed by atoms with E-state index in [1.165, 1.54) is 11.1 Å². The number of nitriles is 1. The summed E-state index contributed by atoms with van der Waals surface area (Å²) in [6, 6.07) is 44.0. The van der Waals surface area contributed by atoms with E-state index in [-0.39, 0.29) is 22.3 Å². The molecule has 0 spiro atoms. The molecule has 1 aliphatic rings. The van der Waals surface area contributed by atoms with E-state index in [4.69, 9.17) is 6.57 Å². The monoisotopic (exact) mass is 693 g/mol. The van der Waals surface area contributed by atoms with Crippen LogP contribution in [-0.2, 0) is 10.8 Å². The van der Waals surface area contributed by atoms with Crippen LogP contribution in [0.1, 0.15) is 73.5 Å². The summed E-state index contributed by atoms with van der Waals surface area (Å²) >= 11 is 1.58. The second kappa shape index (κ2) is 13.3. The number of carbonyl (C=O) groups excluding carboxylic acids is 1. The van der Waals surface area contributed by atoms with Crippen molar-refractivity contribution in [2.45, 2.75) is 52.4 Å². The highest BCUT2D eigenvalue weighted by Gasteiger charge is 2.33. The molecule has 0 aliphatic heterocycles. The molecule has 0 unspecified atom stereocenters. The van der Waals surface area contributed by atoms with E-state index in [1.54, 1.807) is 11.3 Å². The molecule has 1 aliphatic carbocycles. The average molecular weight is 694 g/mol. The van der Waals surface area contributed by atoms with Crippen LogP contribution >= 0.6 is 11.3 Å². The Kier molecular flexibility index (Phi) is 8.79. The van der Waals surface area contributed by atoms with Crippen molar-refractivity contribution in [1.29, 1.82) is 5.26 Å². The number of Topliss-reactive ketones (excluding diaryl/α,β-unsaturated/α-hetero) is 1. The van der Waals surface area contributed by atoms with E-state index in [2.05, 4.69) is 130 Å². The number of thiophene rings is 1. The van der Waals surface area contributed by atoms with Crippen LogP contribution in [0.15, 0.2) is 133 Å². The molecular weight excluding hydrogens is 655 g/mol. The van der Waals surface area contributed by atoms with Crippen molar-refractivity contribution in [3.05, 3.63) is 171 Å². The minimum absolute atomic E-state index is 0.0609. The van der Waals surface area contributed by atoms with Crippen LogP contribution in [0.3, 0.4) is 0 Å². The molecule has 4 nitrogen and oxygen atoms in total. The summed E-state index contributed by atoms with van der Waals surface area (Å²) in [5, 5.41) is 11.8. The topological polar surface area (TPSA) is 48.5 Å². The first-order chi connectivity index (χ1) is 24.9. The molecule has 5 aromatic carbocycles. The number of allylic oxidation sites excluding steroid dienone is 3. The Morgan fingerprint density at radius 3 is 1.69 bits per heavy atom. The Morgan fingerprint density at radius 2 is 1.21 bits per heavy atom. The van der Waals surface area contributed by atoms with Gasteiger partial charge in [-0.2, -0.15) is 0 Å². The molecule has 5 heteroatoms. The second-order valence-electron chi connectivity index (χ2n) is 15.3. The number of fused-ring (bicyclic) bond motifs is 2. The number of ketones is 1. The highest BCUT2D eigenvalue weighted by atomic mass is 32.1. The van der Waals surface area contributed by atoms with Crippen LogP contribution in [0.4, 0.5) is 17.1 Å². The van der Waals surface area contributed by atoms with E-state index in [0.717, 1.165) is 43.2 Å². The van der Waals surface area contributed by atoms with Crippen molar-refractivity contribution in [2.75, 3.05) is 4.90 Å². The van der Waals surface area contributed by atoms with Gasteiger partial charge in [-0.3, -0.25) is 4.79 Å². The summed E-state index contributed by atoms with van der Waals surface area (Å²) in [5.74, 6) is -0.169. The molecule has 0 radical (unpaired) electrons. The number of benzene rings is 5. The largest absolute Gasteiger partial charge is 0.311 e.